The molecule has 1 aromatic rings. The summed E-state index contributed by atoms with van der Waals surface area (Å²) in [6, 6.07) is 10.1. The lowest BCUT2D eigenvalue weighted by molar-refractivity contribution is -0.122. The fourth-order valence-electron chi connectivity index (χ4n) is 4.36. The molecule has 0 aliphatic carbocycles. The van der Waals surface area contributed by atoms with E-state index in [1.165, 1.54) is 19.3 Å². The minimum atomic E-state index is 0.0632. The molecule has 0 radical (unpaired) electrons. The molecule has 5 heteroatoms. The molecular formula is C20H29N3O2. The van der Waals surface area contributed by atoms with Crippen LogP contribution < -0.4 is 4.90 Å². The normalized spacial score (nSPS) is 29.3. The Hall–Kier alpha value is -1.43. The van der Waals surface area contributed by atoms with Crippen LogP contribution in [-0.2, 0) is 9.53 Å². The van der Waals surface area contributed by atoms with E-state index < -0.39 is 0 Å². The molecule has 136 valence electrons. The highest BCUT2D eigenvalue weighted by atomic mass is 16.5. The average molecular weight is 343 g/mol. The van der Waals surface area contributed by atoms with Crippen LogP contribution >= 0.6 is 0 Å². The fraction of sp³-hybridized carbons (Fsp3) is 0.650. The first-order chi connectivity index (χ1) is 12.3. The van der Waals surface area contributed by atoms with E-state index >= 15 is 0 Å². The number of rotatable bonds is 4. The first kappa shape index (κ1) is 17.0. The second-order valence-electron chi connectivity index (χ2n) is 7.46. The van der Waals surface area contributed by atoms with Gasteiger partial charge in [0, 0.05) is 51.6 Å². The molecule has 1 aromatic carbocycles. The lowest BCUT2D eigenvalue weighted by Crippen LogP contribution is -2.54. The molecule has 3 fully saturated rings. The quantitative estimate of drug-likeness (QED) is 0.838. The van der Waals surface area contributed by atoms with E-state index in [-0.39, 0.29) is 11.9 Å². The van der Waals surface area contributed by atoms with Crippen LogP contribution in [0.5, 0.6) is 0 Å². The summed E-state index contributed by atoms with van der Waals surface area (Å²) >= 11 is 0. The molecule has 0 saturated carbocycles. The Bertz CT molecular complexity index is 566. The molecule has 1 amide bonds. The third-order valence-corrected chi connectivity index (χ3v) is 5.83. The summed E-state index contributed by atoms with van der Waals surface area (Å²) in [6.07, 6.45) is 5.08. The van der Waals surface area contributed by atoms with Gasteiger partial charge >= 0.3 is 0 Å². The SMILES string of the molecule is O=C1C(N2CCN(CC3CCCCO3)CC2)CCN1c1ccccc1. The van der Waals surface area contributed by atoms with Gasteiger partial charge in [-0.05, 0) is 37.8 Å². The first-order valence-corrected chi connectivity index (χ1v) is 9.76. The van der Waals surface area contributed by atoms with Gasteiger partial charge in [-0.1, -0.05) is 18.2 Å². The van der Waals surface area contributed by atoms with Gasteiger partial charge in [0.2, 0.25) is 5.91 Å². The van der Waals surface area contributed by atoms with Gasteiger partial charge in [-0.2, -0.15) is 0 Å². The topological polar surface area (TPSA) is 36.0 Å². The monoisotopic (exact) mass is 343 g/mol. The minimum absolute atomic E-state index is 0.0632. The number of para-hydroxylation sites is 1. The first-order valence-electron chi connectivity index (χ1n) is 9.76. The Balaban J connectivity index is 1.28. The highest BCUT2D eigenvalue weighted by molar-refractivity contribution is 5.99. The van der Waals surface area contributed by atoms with Crippen molar-refractivity contribution >= 4 is 11.6 Å². The molecule has 3 saturated heterocycles. The van der Waals surface area contributed by atoms with E-state index in [1.807, 2.05) is 35.2 Å². The second-order valence-corrected chi connectivity index (χ2v) is 7.46. The zero-order valence-corrected chi connectivity index (χ0v) is 15.0. The number of hydrogen-bond donors (Lipinski definition) is 0. The van der Waals surface area contributed by atoms with Crippen LogP contribution in [0.25, 0.3) is 0 Å². The summed E-state index contributed by atoms with van der Waals surface area (Å²) < 4.78 is 5.87. The number of carbonyl (C=O) groups excluding carboxylic acids is 1. The predicted octanol–water partition coefficient (Wildman–Crippen LogP) is 1.98. The van der Waals surface area contributed by atoms with E-state index in [1.54, 1.807) is 0 Å². The third kappa shape index (κ3) is 3.89. The molecule has 4 rings (SSSR count). The molecule has 0 aromatic heterocycles. The molecule has 3 heterocycles. The summed E-state index contributed by atoms with van der Waals surface area (Å²) in [5.74, 6) is 0.273. The van der Waals surface area contributed by atoms with Crippen LogP contribution in [0.15, 0.2) is 30.3 Å². The van der Waals surface area contributed by atoms with Gasteiger partial charge in [0.05, 0.1) is 12.1 Å². The van der Waals surface area contributed by atoms with E-state index in [0.717, 1.165) is 58.0 Å². The smallest absolute Gasteiger partial charge is 0.244 e. The maximum atomic E-state index is 12.9. The number of amides is 1. The van der Waals surface area contributed by atoms with E-state index in [9.17, 15) is 4.79 Å². The van der Waals surface area contributed by atoms with Gasteiger partial charge in [0.15, 0.2) is 0 Å². The maximum absolute atomic E-state index is 12.9. The molecular weight excluding hydrogens is 314 g/mol. The highest BCUT2D eigenvalue weighted by Crippen LogP contribution is 2.25. The van der Waals surface area contributed by atoms with Crippen LogP contribution in [0.4, 0.5) is 5.69 Å². The summed E-state index contributed by atoms with van der Waals surface area (Å²) in [4.78, 5) is 19.7. The number of benzene rings is 1. The minimum Gasteiger partial charge on any atom is -0.377 e. The molecule has 5 nitrogen and oxygen atoms in total. The molecule has 0 spiro atoms. The summed E-state index contributed by atoms with van der Waals surface area (Å²) in [5.41, 5.74) is 1.03. The summed E-state index contributed by atoms with van der Waals surface area (Å²) in [5, 5.41) is 0. The Kier molecular flexibility index (Phi) is 5.34. The average Bonchev–Trinajstić information content (AvgIpc) is 3.05. The van der Waals surface area contributed by atoms with Crippen molar-refractivity contribution in [2.45, 2.75) is 37.8 Å². The zero-order chi connectivity index (χ0) is 17.1. The summed E-state index contributed by atoms with van der Waals surface area (Å²) in [7, 11) is 0. The van der Waals surface area contributed by atoms with Crippen molar-refractivity contribution in [3.63, 3.8) is 0 Å². The molecule has 3 aliphatic heterocycles. The molecule has 0 bridgehead atoms. The lowest BCUT2D eigenvalue weighted by Gasteiger charge is -2.39. The number of ether oxygens (including phenoxy) is 1. The van der Waals surface area contributed by atoms with Crippen molar-refractivity contribution in [3.05, 3.63) is 30.3 Å². The Morgan fingerprint density at radius 2 is 1.76 bits per heavy atom. The van der Waals surface area contributed by atoms with E-state index in [4.69, 9.17) is 4.74 Å². The van der Waals surface area contributed by atoms with Gasteiger partial charge in [-0.25, -0.2) is 0 Å². The van der Waals surface area contributed by atoms with Crippen molar-refractivity contribution in [2.75, 3.05) is 50.8 Å². The van der Waals surface area contributed by atoms with Crippen LogP contribution in [0.1, 0.15) is 25.7 Å². The molecule has 0 N–H and O–H groups in total. The molecule has 3 aliphatic rings. The van der Waals surface area contributed by atoms with Gasteiger partial charge in [-0.15, -0.1) is 0 Å². The van der Waals surface area contributed by atoms with Crippen molar-refractivity contribution in [2.24, 2.45) is 0 Å². The zero-order valence-electron chi connectivity index (χ0n) is 15.0. The number of nitrogens with zero attached hydrogens (tertiary/aromatic N) is 3. The van der Waals surface area contributed by atoms with Crippen LogP contribution in [0.2, 0.25) is 0 Å². The Morgan fingerprint density at radius 3 is 2.48 bits per heavy atom. The number of piperazine rings is 1. The maximum Gasteiger partial charge on any atom is 0.244 e. The van der Waals surface area contributed by atoms with E-state index in [2.05, 4.69) is 9.80 Å². The van der Waals surface area contributed by atoms with Crippen LogP contribution in [0.3, 0.4) is 0 Å². The standard InChI is InChI=1S/C20H29N3O2/c24-20-19(9-10-23(20)17-6-2-1-3-7-17)22-13-11-21(12-14-22)16-18-8-4-5-15-25-18/h1-3,6-7,18-19H,4-5,8-16H2. The van der Waals surface area contributed by atoms with Crippen molar-refractivity contribution < 1.29 is 9.53 Å². The number of anilines is 1. The van der Waals surface area contributed by atoms with Crippen molar-refractivity contribution in [1.29, 1.82) is 0 Å². The number of hydrogen-bond acceptors (Lipinski definition) is 4. The van der Waals surface area contributed by atoms with Gasteiger partial charge in [0.1, 0.15) is 0 Å². The molecule has 2 unspecified atom stereocenters. The molecule has 2 atom stereocenters. The Labute approximate surface area is 150 Å². The van der Waals surface area contributed by atoms with Gasteiger partial charge in [-0.3, -0.25) is 14.6 Å². The fourth-order valence-corrected chi connectivity index (χ4v) is 4.36. The Morgan fingerprint density at radius 1 is 0.960 bits per heavy atom. The van der Waals surface area contributed by atoms with Crippen molar-refractivity contribution in [3.8, 4) is 0 Å². The predicted molar refractivity (Wildman–Crippen MR) is 98.8 cm³/mol. The van der Waals surface area contributed by atoms with E-state index in [0.29, 0.717) is 6.10 Å². The third-order valence-electron chi connectivity index (χ3n) is 5.83. The lowest BCUT2D eigenvalue weighted by atomic mass is 10.1. The second kappa shape index (κ2) is 7.85. The van der Waals surface area contributed by atoms with Gasteiger partial charge < -0.3 is 9.64 Å². The van der Waals surface area contributed by atoms with Crippen LogP contribution in [-0.4, -0.2) is 73.7 Å². The number of carbonyl (C=O) groups is 1. The molecule has 25 heavy (non-hydrogen) atoms. The largest absolute Gasteiger partial charge is 0.377 e. The summed E-state index contributed by atoms with van der Waals surface area (Å²) in [6.45, 7) is 6.91. The highest BCUT2D eigenvalue weighted by Gasteiger charge is 2.37. The van der Waals surface area contributed by atoms with Gasteiger partial charge in [0.25, 0.3) is 0 Å². The van der Waals surface area contributed by atoms with Crippen molar-refractivity contribution in [1.82, 2.24) is 9.80 Å². The van der Waals surface area contributed by atoms with Crippen LogP contribution in [0, 0.1) is 0 Å².